The van der Waals surface area contributed by atoms with E-state index in [1.807, 2.05) is 49.4 Å². The third-order valence-electron chi connectivity index (χ3n) is 5.34. The van der Waals surface area contributed by atoms with Crippen molar-refractivity contribution >= 4 is 5.82 Å². The molecule has 1 aromatic heterocycles. The zero-order valence-electron chi connectivity index (χ0n) is 15.8. The van der Waals surface area contributed by atoms with Gasteiger partial charge in [-0.05, 0) is 43.4 Å². The topological polar surface area (TPSA) is 52.8 Å². The number of hydrogen-bond donors (Lipinski definition) is 0. The van der Waals surface area contributed by atoms with Crippen molar-refractivity contribution in [1.82, 2.24) is 9.97 Å². The van der Waals surface area contributed by atoms with Crippen LogP contribution in [0.3, 0.4) is 0 Å². The summed E-state index contributed by atoms with van der Waals surface area (Å²) in [6.07, 6.45) is 1.88. The van der Waals surface area contributed by atoms with Gasteiger partial charge in [-0.2, -0.15) is 5.26 Å². The van der Waals surface area contributed by atoms with E-state index in [4.69, 9.17) is 4.98 Å². The highest BCUT2D eigenvalue weighted by molar-refractivity contribution is 5.65. The molecule has 4 rings (SSSR count). The number of anilines is 1. The van der Waals surface area contributed by atoms with E-state index in [0.29, 0.717) is 17.4 Å². The molecule has 5 heteroatoms. The van der Waals surface area contributed by atoms with Crippen LogP contribution in [0.5, 0.6) is 0 Å². The number of hydrogen-bond acceptors (Lipinski definition) is 4. The van der Waals surface area contributed by atoms with Crippen molar-refractivity contribution in [3.63, 3.8) is 0 Å². The monoisotopic (exact) mass is 372 g/mol. The Morgan fingerprint density at radius 2 is 1.68 bits per heavy atom. The first-order valence-corrected chi connectivity index (χ1v) is 9.50. The van der Waals surface area contributed by atoms with Crippen molar-refractivity contribution in [2.24, 2.45) is 0 Å². The molecule has 1 saturated heterocycles. The van der Waals surface area contributed by atoms with Crippen LogP contribution in [0.1, 0.15) is 35.7 Å². The Kier molecular flexibility index (Phi) is 5.03. The number of nitriles is 1. The molecule has 0 unspecified atom stereocenters. The van der Waals surface area contributed by atoms with Gasteiger partial charge in [-0.25, -0.2) is 14.4 Å². The van der Waals surface area contributed by atoms with Gasteiger partial charge in [-0.1, -0.05) is 42.5 Å². The van der Waals surface area contributed by atoms with Gasteiger partial charge in [-0.15, -0.1) is 0 Å². The van der Waals surface area contributed by atoms with Gasteiger partial charge in [0.05, 0.1) is 11.4 Å². The fourth-order valence-electron chi connectivity index (χ4n) is 3.83. The average molecular weight is 372 g/mol. The number of rotatable bonds is 3. The number of aromatic nitrogens is 2. The van der Waals surface area contributed by atoms with Crippen LogP contribution in [-0.4, -0.2) is 23.1 Å². The van der Waals surface area contributed by atoms with Crippen LogP contribution in [0.15, 0.2) is 54.6 Å². The molecule has 0 amide bonds. The van der Waals surface area contributed by atoms with E-state index in [0.717, 1.165) is 42.9 Å². The molecule has 0 saturated carbocycles. The summed E-state index contributed by atoms with van der Waals surface area (Å²) in [6.45, 7) is 3.54. The second-order valence-electron chi connectivity index (χ2n) is 7.12. The van der Waals surface area contributed by atoms with Crippen molar-refractivity contribution in [2.45, 2.75) is 25.7 Å². The molecule has 4 nitrogen and oxygen atoms in total. The molecule has 2 heterocycles. The maximum atomic E-state index is 13.2. The molecular formula is C23H21FN4. The average Bonchev–Trinajstić information content (AvgIpc) is 2.75. The van der Waals surface area contributed by atoms with E-state index in [2.05, 4.69) is 16.0 Å². The number of benzene rings is 2. The quantitative estimate of drug-likeness (QED) is 0.660. The highest BCUT2D eigenvalue weighted by atomic mass is 19.1. The molecule has 2 aromatic carbocycles. The number of halogens is 1. The van der Waals surface area contributed by atoms with Crippen LogP contribution in [0, 0.1) is 24.1 Å². The minimum atomic E-state index is -0.205. The van der Waals surface area contributed by atoms with Gasteiger partial charge in [0.2, 0.25) is 0 Å². The van der Waals surface area contributed by atoms with Crippen molar-refractivity contribution in [3.05, 3.63) is 77.4 Å². The second kappa shape index (κ2) is 7.77. The fraction of sp³-hybridized carbons (Fsp3) is 0.261. The molecule has 0 atom stereocenters. The first kappa shape index (κ1) is 18.1. The lowest BCUT2D eigenvalue weighted by Gasteiger charge is -2.33. The summed E-state index contributed by atoms with van der Waals surface area (Å²) in [7, 11) is 0. The maximum absolute atomic E-state index is 13.2. The lowest BCUT2D eigenvalue weighted by Crippen LogP contribution is -2.34. The third-order valence-corrected chi connectivity index (χ3v) is 5.34. The van der Waals surface area contributed by atoms with Crippen molar-refractivity contribution in [1.29, 1.82) is 5.26 Å². The molecule has 140 valence electrons. The maximum Gasteiger partial charge on any atom is 0.183 e. The minimum absolute atomic E-state index is 0.205. The van der Waals surface area contributed by atoms with Gasteiger partial charge in [-0.3, -0.25) is 0 Å². The van der Waals surface area contributed by atoms with E-state index >= 15 is 0 Å². The summed E-state index contributed by atoms with van der Waals surface area (Å²) in [5.74, 6) is 0.862. The fourth-order valence-corrected chi connectivity index (χ4v) is 3.83. The molecule has 0 bridgehead atoms. The predicted octanol–water partition coefficient (Wildman–Crippen LogP) is 4.85. The second-order valence-corrected chi connectivity index (χ2v) is 7.12. The summed E-state index contributed by atoms with van der Waals surface area (Å²) in [5.41, 5.74) is 4.07. The van der Waals surface area contributed by atoms with E-state index in [1.165, 1.54) is 17.7 Å². The third kappa shape index (κ3) is 3.59. The van der Waals surface area contributed by atoms with E-state index in [-0.39, 0.29) is 5.82 Å². The number of nitrogens with zero attached hydrogens (tertiary/aromatic N) is 4. The normalized spacial score (nSPS) is 14.7. The molecule has 0 aliphatic carbocycles. The van der Waals surface area contributed by atoms with Gasteiger partial charge in [0.25, 0.3) is 0 Å². The molecule has 3 aromatic rings. The van der Waals surface area contributed by atoms with Gasteiger partial charge >= 0.3 is 0 Å². The zero-order valence-corrected chi connectivity index (χ0v) is 15.8. The van der Waals surface area contributed by atoms with E-state index in [9.17, 15) is 9.65 Å². The van der Waals surface area contributed by atoms with E-state index in [1.54, 1.807) is 0 Å². The molecule has 28 heavy (non-hydrogen) atoms. The zero-order chi connectivity index (χ0) is 19.5. The predicted molar refractivity (Wildman–Crippen MR) is 108 cm³/mol. The standard InChI is InChI=1S/C23H21FN4/c1-16-22(19-5-3-2-4-6-19)27-21(15-25)23(26-16)28-13-11-18(12-14-28)17-7-9-20(24)10-8-17/h2-10,18H,11-14H2,1H3. The summed E-state index contributed by atoms with van der Waals surface area (Å²) < 4.78 is 13.2. The van der Waals surface area contributed by atoms with Crippen molar-refractivity contribution in [2.75, 3.05) is 18.0 Å². The Morgan fingerprint density at radius 1 is 1.00 bits per heavy atom. The van der Waals surface area contributed by atoms with Gasteiger partial charge in [0.15, 0.2) is 11.5 Å². The highest BCUT2D eigenvalue weighted by Gasteiger charge is 2.24. The molecule has 1 aliphatic rings. The summed E-state index contributed by atoms with van der Waals surface area (Å²) in [4.78, 5) is 11.5. The molecule has 1 fully saturated rings. The lowest BCUT2D eigenvalue weighted by molar-refractivity contribution is 0.501. The molecule has 1 aliphatic heterocycles. The summed E-state index contributed by atoms with van der Waals surface area (Å²) in [5, 5.41) is 9.65. The van der Waals surface area contributed by atoms with Crippen LogP contribution in [0.25, 0.3) is 11.3 Å². The Balaban J connectivity index is 1.56. The summed E-state index contributed by atoms with van der Waals surface area (Å²) >= 11 is 0. The lowest BCUT2D eigenvalue weighted by atomic mass is 9.89. The Labute approximate surface area is 164 Å². The molecule has 0 spiro atoms. The Bertz CT molecular complexity index is 1000. The van der Waals surface area contributed by atoms with Crippen LogP contribution >= 0.6 is 0 Å². The van der Waals surface area contributed by atoms with Crippen molar-refractivity contribution < 1.29 is 4.39 Å². The summed E-state index contributed by atoms with van der Waals surface area (Å²) in [6, 6.07) is 18.8. The molecular weight excluding hydrogens is 351 g/mol. The first-order chi connectivity index (χ1) is 13.7. The smallest absolute Gasteiger partial charge is 0.183 e. The number of aryl methyl sites for hydroxylation is 1. The SMILES string of the molecule is Cc1nc(N2CCC(c3ccc(F)cc3)CC2)c(C#N)nc1-c1ccccc1. The van der Waals surface area contributed by atoms with Crippen molar-refractivity contribution in [3.8, 4) is 17.3 Å². The highest BCUT2D eigenvalue weighted by Crippen LogP contribution is 2.32. The Morgan fingerprint density at radius 3 is 2.32 bits per heavy atom. The van der Waals surface area contributed by atoms with Crippen LogP contribution < -0.4 is 4.90 Å². The molecule has 0 radical (unpaired) electrons. The van der Waals surface area contributed by atoms with Crippen LogP contribution in [0.2, 0.25) is 0 Å². The first-order valence-electron chi connectivity index (χ1n) is 9.50. The minimum Gasteiger partial charge on any atom is -0.354 e. The Hall–Kier alpha value is -3.26. The van der Waals surface area contributed by atoms with Gasteiger partial charge in [0, 0.05) is 18.7 Å². The number of piperidine rings is 1. The van der Waals surface area contributed by atoms with E-state index < -0.39 is 0 Å². The van der Waals surface area contributed by atoms with Gasteiger partial charge in [0.1, 0.15) is 11.9 Å². The van der Waals surface area contributed by atoms with Crippen LogP contribution in [0.4, 0.5) is 10.2 Å². The largest absolute Gasteiger partial charge is 0.354 e. The van der Waals surface area contributed by atoms with Gasteiger partial charge < -0.3 is 4.90 Å². The molecule has 0 N–H and O–H groups in total. The van der Waals surface area contributed by atoms with Crippen LogP contribution in [-0.2, 0) is 0 Å².